The van der Waals surface area contributed by atoms with Gasteiger partial charge in [0.2, 0.25) is 0 Å². The Hall–Kier alpha value is -1.39. The van der Waals surface area contributed by atoms with Crippen LogP contribution in [0.3, 0.4) is 0 Å². The molecule has 1 aliphatic rings. The van der Waals surface area contributed by atoms with Crippen LogP contribution in [0.15, 0.2) is 46.9 Å². The SMILES string of the molecule is Brc1ccc2nc(NC3Cc4ccccc4C3)sc2c1. The minimum absolute atomic E-state index is 0.469. The first kappa shape index (κ1) is 12.4. The molecule has 2 nitrogen and oxygen atoms in total. The first-order valence-electron chi connectivity index (χ1n) is 6.67. The molecule has 0 amide bonds. The largest absolute Gasteiger partial charge is 0.358 e. The lowest BCUT2D eigenvalue weighted by Gasteiger charge is -2.09. The van der Waals surface area contributed by atoms with Crippen molar-refractivity contribution in [2.24, 2.45) is 0 Å². The fraction of sp³-hybridized carbons (Fsp3) is 0.188. The molecule has 3 aromatic rings. The second-order valence-electron chi connectivity index (χ2n) is 5.15. The third-order valence-electron chi connectivity index (χ3n) is 3.73. The molecule has 20 heavy (non-hydrogen) atoms. The van der Waals surface area contributed by atoms with Crippen LogP contribution in [-0.2, 0) is 12.8 Å². The molecule has 1 N–H and O–H groups in total. The fourth-order valence-electron chi connectivity index (χ4n) is 2.80. The van der Waals surface area contributed by atoms with Gasteiger partial charge in [0, 0.05) is 10.5 Å². The number of nitrogens with zero attached hydrogens (tertiary/aromatic N) is 1. The third kappa shape index (κ3) is 2.23. The lowest BCUT2D eigenvalue weighted by Crippen LogP contribution is -2.19. The molecule has 1 aromatic heterocycles. The number of nitrogens with one attached hydrogen (secondary N) is 1. The van der Waals surface area contributed by atoms with Gasteiger partial charge < -0.3 is 5.32 Å². The number of anilines is 1. The maximum atomic E-state index is 4.67. The van der Waals surface area contributed by atoms with Gasteiger partial charge in [-0.1, -0.05) is 51.5 Å². The molecule has 2 aromatic carbocycles. The Bertz CT molecular complexity index is 756. The van der Waals surface area contributed by atoms with Crippen molar-refractivity contribution in [1.29, 1.82) is 0 Å². The molecule has 100 valence electrons. The average Bonchev–Trinajstić information content (AvgIpc) is 3.00. The Morgan fingerprint density at radius 1 is 1.10 bits per heavy atom. The number of fused-ring (bicyclic) bond motifs is 2. The summed E-state index contributed by atoms with van der Waals surface area (Å²) in [6.45, 7) is 0. The van der Waals surface area contributed by atoms with Crippen LogP contribution in [0.5, 0.6) is 0 Å². The minimum Gasteiger partial charge on any atom is -0.358 e. The predicted octanol–water partition coefficient (Wildman–Crippen LogP) is 4.64. The molecule has 0 unspecified atom stereocenters. The molecule has 0 saturated carbocycles. The van der Waals surface area contributed by atoms with Crippen molar-refractivity contribution >= 4 is 42.6 Å². The van der Waals surface area contributed by atoms with E-state index in [1.807, 2.05) is 6.07 Å². The van der Waals surface area contributed by atoms with E-state index < -0.39 is 0 Å². The van der Waals surface area contributed by atoms with Crippen molar-refractivity contribution in [2.45, 2.75) is 18.9 Å². The van der Waals surface area contributed by atoms with Gasteiger partial charge in [0.05, 0.1) is 10.2 Å². The highest BCUT2D eigenvalue weighted by atomic mass is 79.9. The molecular weight excluding hydrogens is 332 g/mol. The molecule has 0 spiro atoms. The molecule has 0 radical (unpaired) electrons. The Kier molecular flexibility index (Phi) is 3.00. The maximum Gasteiger partial charge on any atom is 0.184 e. The zero-order valence-electron chi connectivity index (χ0n) is 10.8. The normalized spacial score (nSPS) is 14.7. The minimum atomic E-state index is 0.469. The highest BCUT2D eigenvalue weighted by Crippen LogP contribution is 2.31. The highest BCUT2D eigenvalue weighted by molar-refractivity contribution is 9.10. The van der Waals surface area contributed by atoms with Gasteiger partial charge in [0.25, 0.3) is 0 Å². The molecule has 0 bridgehead atoms. The molecule has 4 rings (SSSR count). The Labute approximate surface area is 130 Å². The van der Waals surface area contributed by atoms with Gasteiger partial charge in [-0.3, -0.25) is 0 Å². The smallest absolute Gasteiger partial charge is 0.184 e. The van der Waals surface area contributed by atoms with Gasteiger partial charge in [-0.25, -0.2) is 4.98 Å². The molecule has 0 saturated heterocycles. The molecule has 0 fully saturated rings. The molecule has 0 aliphatic heterocycles. The van der Waals surface area contributed by atoms with E-state index in [2.05, 4.69) is 62.6 Å². The molecular formula is C16H13BrN2S. The zero-order valence-corrected chi connectivity index (χ0v) is 13.2. The Morgan fingerprint density at radius 3 is 2.60 bits per heavy atom. The summed E-state index contributed by atoms with van der Waals surface area (Å²) in [4.78, 5) is 4.67. The number of aromatic nitrogens is 1. The van der Waals surface area contributed by atoms with Crippen molar-refractivity contribution < 1.29 is 0 Å². The quantitative estimate of drug-likeness (QED) is 0.732. The van der Waals surface area contributed by atoms with Crippen molar-refractivity contribution in [3.63, 3.8) is 0 Å². The Balaban J connectivity index is 1.57. The number of hydrogen-bond donors (Lipinski definition) is 1. The number of hydrogen-bond acceptors (Lipinski definition) is 3. The van der Waals surface area contributed by atoms with Gasteiger partial charge in [-0.2, -0.15) is 0 Å². The summed E-state index contributed by atoms with van der Waals surface area (Å²) in [6.07, 6.45) is 2.19. The molecule has 1 aliphatic carbocycles. The molecule has 1 heterocycles. The van der Waals surface area contributed by atoms with E-state index in [1.54, 1.807) is 11.3 Å². The van der Waals surface area contributed by atoms with Gasteiger partial charge in [0.15, 0.2) is 5.13 Å². The average molecular weight is 345 g/mol. The summed E-state index contributed by atoms with van der Waals surface area (Å²) >= 11 is 5.23. The van der Waals surface area contributed by atoms with Crippen LogP contribution in [0.4, 0.5) is 5.13 Å². The van der Waals surface area contributed by atoms with Crippen molar-refractivity contribution in [2.75, 3.05) is 5.32 Å². The third-order valence-corrected chi connectivity index (χ3v) is 5.17. The van der Waals surface area contributed by atoms with E-state index >= 15 is 0 Å². The molecule has 4 heteroatoms. The first-order chi connectivity index (χ1) is 9.78. The summed E-state index contributed by atoms with van der Waals surface area (Å²) in [5.41, 5.74) is 4.00. The van der Waals surface area contributed by atoms with Crippen LogP contribution in [0.2, 0.25) is 0 Å². The second kappa shape index (κ2) is 4.86. The topological polar surface area (TPSA) is 24.9 Å². The number of thiazole rings is 1. The van der Waals surface area contributed by atoms with E-state index in [0.717, 1.165) is 28.0 Å². The van der Waals surface area contributed by atoms with Gasteiger partial charge in [-0.15, -0.1) is 0 Å². The van der Waals surface area contributed by atoms with Crippen LogP contribution in [0.1, 0.15) is 11.1 Å². The summed E-state index contributed by atoms with van der Waals surface area (Å²) in [6, 6.07) is 15.4. The van der Waals surface area contributed by atoms with E-state index in [4.69, 9.17) is 0 Å². The van der Waals surface area contributed by atoms with E-state index in [-0.39, 0.29) is 0 Å². The van der Waals surface area contributed by atoms with E-state index in [1.165, 1.54) is 15.8 Å². The summed E-state index contributed by atoms with van der Waals surface area (Å²) in [5.74, 6) is 0. The fourth-order valence-corrected chi connectivity index (χ4v) is 4.29. The van der Waals surface area contributed by atoms with E-state index in [9.17, 15) is 0 Å². The lowest BCUT2D eigenvalue weighted by molar-refractivity contribution is 0.773. The summed E-state index contributed by atoms with van der Waals surface area (Å²) in [5, 5.41) is 4.61. The van der Waals surface area contributed by atoms with Crippen molar-refractivity contribution in [1.82, 2.24) is 4.98 Å². The monoisotopic (exact) mass is 344 g/mol. The zero-order chi connectivity index (χ0) is 13.5. The number of halogens is 1. The van der Waals surface area contributed by atoms with Crippen LogP contribution in [0.25, 0.3) is 10.2 Å². The number of rotatable bonds is 2. The number of benzene rings is 2. The second-order valence-corrected chi connectivity index (χ2v) is 7.10. The van der Waals surface area contributed by atoms with Crippen LogP contribution in [-0.4, -0.2) is 11.0 Å². The molecule has 0 atom stereocenters. The van der Waals surface area contributed by atoms with E-state index in [0.29, 0.717) is 6.04 Å². The van der Waals surface area contributed by atoms with Gasteiger partial charge >= 0.3 is 0 Å². The van der Waals surface area contributed by atoms with Crippen LogP contribution >= 0.6 is 27.3 Å². The van der Waals surface area contributed by atoms with Crippen LogP contribution in [0, 0.1) is 0 Å². The van der Waals surface area contributed by atoms with Gasteiger partial charge in [-0.05, 0) is 42.2 Å². The lowest BCUT2D eigenvalue weighted by atomic mass is 10.1. The Morgan fingerprint density at radius 2 is 1.85 bits per heavy atom. The first-order valence-corrected chi connectivity index (χ1v) is 8.28. The van der Waals surface area contributed by atoms with Gasteiger partial charge in [0.1, 0.15) is 0 Å². The maximum absolute atomic E-state index is 4.67. The summed E-state index contributed by atoms with van der Waals surface area (Å²) in [7, 11) is 0. The predicted molar refractivity (Wildman–Crippen MR) is 88.6 cm³/mol. The van der Waals surface area contributed by atoms with Crippen LogP contribution < -0.4 is 5.32 Å². The highest BCUT2D eigenvalue weighted by Gasteiger charge is 2.21. The van der Waals surface area contributed by atoms with Crippen molar-refractivity contribution in [3.05, 3.63) is 58.1 Å². The van der Waals surface area contributed by atoms with Crippen molar-refractivity contribution in [3.8, 4) is 0 Å². The standard InChI is InChI=1S/C16H13BrN2S/c17-12-5-6-14-15(9-12)20-16(19-14)18-13-7-10-3-1-2-4-11(10)8-13/h1-6,9,13H,7-8H2,(H,18,19). The summed E-state index contributed by atoms with van der Waals surface area (Å²) < 4.78 is 2.32.